The Labute approximate surface area is 131 Å². The molecule has 0 spiro atoms. The van der Waals surface area contributed by atoms with Gasteiger partial charge in [-0.15, -0.1) is 0 Å². The van der Waals surface area contributed by atoms with Crippen molar-refractivity contribution in [1.29, 1.82) is 0 Å². The number of ether oxygens (including phenoxy) is 1. The summed E-state index contributed by atoms with van der Waals surface area (Å²) in [5.41, 5.74) is 3.32. The van der Waals surface area contributed by atoms with Crippen LogP contribution in [0.15, 0.2) is 36.1 Å². The van der Waals surface area contributed by atoms with Crippen molar-refractivity contribution in [2.24, 2.45) is 5.92 Å². The molecular weight excluding hydrogens is 276 g/mol. The number of benzene rings is 1. The minimum absolute atomic E-state index is 0.177. The molecule has 0 saturated carbocycles. The van der Waals surface area contributed by atoms with E-state index in [-0.39, 0.29) is 18.4 Å². The lowest BCUT2D eigenvalue weighted by atomic mass is 9.74. The van der Waals surface area contributed by atoms with Crippen LogP contribution in [-0.4, -0.2) is 16.8 Å². The fourth-order valence-corrected chi connectivity index (χ4v) is 3.60. The van der Waals surface area contributed by atoms with Crippen molar-refractivity contribution in [3.63, 3.8) is 0 Å². The molecule has 3 nitrogen and oxygen atoms in total. The quantitative estimate of drug-likeness (QED) is 0.651. The first-order valence-electron chi connectivity index (χ1n) is 8.10. The van der Waals surface area contributed by atoms with Gasteiger partial charge in [0.25, 0.3) is 0 Å². The predicted molar refractivity (Wildman–Crippen MR) is 87.1 cm³/mol. The van der Waals surface area contributed by atoms with Gasteiger partial charge >= 0.3 is 0 Å². The molecular formula is C19H24O3. The van der Waals surface area contributed by atoms with E-state index in [9.17, 15) is 5.11 Å². The van der Waals surface area contributed by atoms with Crippen LogP contribution < -0.4 is 4.74 Å². The average molecular weight is 300 g/mol. The van der Waals surface area contributed by atoms with Crippen molar-refractivity contribution >= 4 is 0 Å². The zero-order chi connectivity index (χ0) is 15.7. The number of aliphatic hydroxyl groups excluding tert-OH is 1. The molecule has 2 atom stereocenters. The maximum Gasteiger partial charge on any atom is 0.134 e. The van der Waals surface area contributed by atoms with Crippen LogP contribution in [0.3, 0.4) is 0 Å². The third-order valence-electron chi connectivity index (χ3n) is 4.79. The van der Waals surface area contributed by atoms with Gasteiger partial charge in [0.1, 0.15) is 17.3 Å². The summed E-state index contributed by atoms with van der Waals surface area (Å²) in [6, 6.07) is 3.87. The Hall–Kier alpha value is -1.74. The van der Waals surface area contributed by atoms with Crippen molar-refractivity contribution < 1.29 is 14.9 Å². The Morgan fingerprint density at radius 2 is 2.14 bits per heavy atom. The number of phenolic OH excluding ortho intramolecular Hbond substituents is 1. The van der Waals surface area contributed by atoms with E-state index in [1.807, 2.05) is 12.1 Å². The molecule has 0 saturated heterocycles. The van der Waals surface area contributed by atoms with E-state index in [1.165, 1.54) is 5.57 Å². The third-order valence-corrected chi connectivity index (χ3v) is 4.79. The van der Waals surface area contributed by atoms with E-state index in [0.717, 1.165) is 54.7 Å². The van der Waals surface area contributed by atoms with Crippen molar-refractivity contribution in [3.05, 3.63) is 47.2 Å². The smallest absolute Gasteiger partial charge is 0.134 e. The summed E-state index contributed by atoms with van der Waals surface area (Å²) in [5.74, 6) is 2.33. The van der Waals surface area contributed by atoms with Gasteiger partial charge in [-0.2, -0.15) is 0 Å². The number of unbranched alkanes of at least 4 members (excludes halogenated alkanes) is 1. The number of aryl methyl sites for hydroxylation is 1. The fraction of sp³-hybridized carbons (Fsp3) is 0.474. The average Bonchev–Trinajstić information content (AvgIpc) is 2.46. The summed E-state index contributed by atoms with van der Waals surface area (Å²) in [7, 11) is 0. The molecule has 0 unspecified atom stereocenters. The Balaban J connectivity index is 1.95. The maximum atomic E-state index is 10.5. The number of hydrogen-bond acceptors (Lipinski definition) is 3. The predicted octanol–water partition coefficient (Wildman–Crippen LogP) is 4.05. The van der Waals surface area contributed by atoms with Crippen molar-refractivity contribution in [2.45, 2.75) is 44.9 Å². The topological polar surface area (TPSA) is 49.7 Å². The van der Waals surface area contributed by atoms with E-state index in [1.54, 1.807) is 0 Å². The summed E-state index contributed by atoms with van der Waals surface area (Å²) < 4.78 is 5.93. The van der Waals surface area contributed by atoms with Gasteiger partial charge in [0.05, 0.1) is 0 Å². The van der Waals surface area contributed by atoms with Crippen LogP contribution in [0, 0.1) is 5.92 Å². The highest BCUT2D eigenvalue weighted by Crippen LogP contribution is 2.51. The van der Waals surface area contributed by atoms with E-state index in [0.29, 0.717) is 5.75 Å². The summed E-state index contributed by atoms with van der Waals surface area (Å²) in [4.78, 5) is 0. The third kappa shape index (κ3) is 2.78. The van der Waals surface area contributed by atoms with Crippen LogP contribution in [0.2, 0.25) is 0 Å². The summed E-state index contributed by atoms with van der Waals surface area (Å²) in [5, 5.41) is 19.4. The van der Waals surface area contributed by atoms with Crippen LogP contribution >= 0.6 is 0 Å². The van der Waals surface area contributed by atoms with Gasteiger partial charge in [0.15, 0.2) is 0 Å². The van der Waals surface area contributed by atoms with Gasteiger partial charge in [0, 0.05) is 24.0 Å². The zero-order valence-corrected chi connectivity index (χ0v) is 13.1. The molecule has 1 aromatic carbocycles. The number of fused-ring (bicyclic) bond motifs is 3. The summed E-state index contributed by atoms with van der Waals surface area (Å²) in [6.07, 6.45) is 6.87. The van der Waals surface area contributed by atoms with Crippen LogP contribution in [0.4, 0.5) is 0 Å². The second-order valence-corrected chi connectivity index (χ2v) is 6.46. The SMILES string of the molecule is C=C1Oc2cc(CCCCO)cc(O)c2[C@@H]2C=C(C)CC[C@@H]12. The number of aromatic hydroxyl groups is 1. The first-order valence-corrected chi connectivity index (χ1v) is 8.10. The maximum absolute atomic E-state index is 10.5. The Bertz CT molecular complexity index is 615. The molecule has 3 heteroatoms. The van der Waals surface area contributed by atoms with Crippen LogP contribution in [0.5, 0.6) is 11.5 Å². The van der Waals surface area contributed by atoms with Crippen molar-refractivity contribution in [3.8, 4) is 11.5 Å². The monoisotopic (exact) mass is 300 g/mol. The molecule has 2 N–H and O–H groups in total. The Morgan fingerprint density at radius 3 is 2.91 bits per heavy atom. The van der Waals surface area contributed by atoms with Crippen LogP contribution in [0.25, 0.3) is 0 Å². The highest BCUT2D eigenvalue weighted by atomic mass is 16.5. The second kappa shape index (κ2) is 6.17. The van der Waals surface area contributed by atoms with Crippen molar-refractivity contribution in [1.82, 2.24) is 0 Å². The number of hydrogen-bond donors (Lipinski definition) is 2. The number of allylic oxidation sites excluding steroid dienone is 3. The van der Waals surface area contributed by atoms with E-state index >= 15 is 0 Å². The second-order valence-electron chi connectivity index (χ2n) is 6.46. The molecule has 1 aliphatic carbocycles. The van der Waals surface area contributed by atoms with Gasteiger partial charge < -0.3 is 14.9 Å². The van der Waals surface area contributed by atoms with Crippen LogP contribution in [-0.2, 0) is 6.42 Å². The normalized spacial score (nSPS) is 23.4. The fourth-order valence-electron chi connectivity index (χ4n) is 3.60. The minimum Gasteiger partial charge on any atom is -0.507 e. The Kier molecular flexibility index (Phi) is 4.25. The molecule has 0 bridgehead atoms. The molecule has 1 aliphatic heterocycles. The molecule has 0 radical (unpaired) electrons. The molecule has 0 fully saturated rings. The molecule has 118 valence electrons. The largest absolute Gasteiger partial charge is 0.507 e. The summed E-state index contributed by atoms with van der Waals surface area (Å²) in [6.45, 7) is 6.44. The lowest BCUT2D eigenvalue weighted by molar-refractivity contribution is 0.274. The first kappa shape index (κ1) is 15.2. The van der Waals surface area contributed by atoms with Gasteiger partial charge in [-0.1, -0.05) is 18.2 Å². The standard InChI is InChI=1S/C19H24O3/c1-12-6-7-15-13(2)22-18-11-14(5-3-4-8-20)10-17(21)19(18)16(15)9-12/h9-11,15-16,20-21H,2-8H2,1H3/t15-,16+/m0/s1. The molecule has 3 rings (SSSR count). The van der Waals surface area contributed by atoms with E-state index in [4.69, 9.17) is 9.84 Å². The highest BCUT2D eigenvalue weighted by molar-refractivity contribution is 5.54. The minimum atomic E-state index is 0.177. The van der Waals surface area contributed by atoms with Gasteiger partial charge in [-0.25, -0.2) is 0 Å². The van der Waals surface area contributed by atoms with Crippen molar-refractivity contribution in [2.75, 3.05) is 6.61 Å². The summed E-state index contributed by atoms with van der Waals surface area (Å²) >= 11 is 0. The lowest BCUT2D eigenvalue weighted by Crippen LogP contribution is -2.25. The highest BCUT2D eigenvalue weighted by Gasteiger charge is 2.36. The molecule has 2 aliphatic rings. The first-order chi connectivity index (χ1) is 10.6. The number of phenols is 1. The van der Waals surface area contributed by atoms with Gasteiger partial charge in [-0.3, -0.25) is 0 Å². The molecule has 0 amide bonds. The molecule has 0 aromatic heterocycles. The van der Waals surface area contributed by atoms with Crippen LogP contribution in [0.1, 0.15) is 49.7 Å². The molecule has 22 heavy (non-hydrogen) atoms. The lowest BCUT2D eigenvalue weighted by Gasteiger charge is -2.37. The number of rotatable bonds is 4. The molecule has 1 heterocycles. The zero-order valence-electron chi connectivity index (χ0n) is 13.1. The Morgan fingerprint density at radius 1 is 1.32 bits per heavy atom. The van der Waals surface area contributed by atoms with Gasteiger partial charge in [-0.05, 0) is 56.7 Å². The van der Waals surface area contributed by atoms with Gasteiger partial charge in [0.2, 0.25) is 0 Å². The number of aliphatic hydroxyl groups is 1. The van der Waals surface area contributed by atoms with E-state index < -0.39 is 0 Å². The molecule has 1 aromatic rings. The van der Waals surface area contributed by atoms with E-state index in [2.05, 4.69) is 19.6 Å².